The fourth-order valence-electron chi connectivity index (χ4n) is 4.40. The molecule has 8 nitrogen and oxygen atoms in total. The molecule has 2 aromatic carbocycles. The summed E-state index contributed by atoms with van der Waals surface area (Å²) in [4.78, 5) is 28.9. The molecule has 9 heteroatoms. The lowest BCUT2D eigenvalue weighted by Crippen LogP contribution is -2.27. The molecule has 202 valence electrons. The highest BCUT2D eigenvalue weighted by Gasteiger charge is 2.17. The Balaban J connectivity index is 1.41. The number of aromatic amines is 2. The molecule has 0 aliphatic rings. The minimum atomic E-state index is -0.321. The van der Waals surface area contributed by atoms with E-state index in [0.717, 1.165) is 33.1 Å². The highest BCUT2D eigenvalue weighted by molar-refractivity contribution is 5.97. The number of allylic oxidation sites excluding steroid dienone is 2. The van der Waals surface area contributed by atoms with Crippen molar-refractivity contribution >= 4 is 39.6 Å². The van der Waals surface area contributed by atoms with Crippen LogP contribution in [0.5, 0.6) is 0 Å². The molecule has 0 aliphatic heterocycles. The number of halogens is 1. The zero-order valence-electron chi connectivity index (χ0n) is 22.8. The maximum absolute atomic E-state index is 13.9. The van der Waals surface area contributed by atoms with Gasteiger partial charge in [-0.25, -0.2) is 9.37 Å². The number of hydrogen-bond donors (Lipinski definition) is 3. The van der Waals surface area contributed by atoms with E-state index in [-0.39, 0.29) is 17.1 Å². The number of hydrogen-bond acceptors (Lipinski definition) is 5. The van der Waals surface area contributed by atoms with Gasteiger partial charge in [0.1, 0.15) is 11.5 Å². The first-order valence-electron chi connectivity index (χ1n) is 12.8. The van der Waals surface area contributed by atoms with Crippen LogP contribution in [0.25, 0.3) is 50.2 Å². The first kappa shape index (κ1) is 26.7. The minimum absolute atomic E-state index is 0.0907. The van der Waals surface area contributed by atoms with Gasteiger partial charge in [0, 0.05) is 36.0 Å². The molecule has 0 unspecified atom stereocenters. The molecule has 5 aromatic rings. The van der Waals surface area contributed by atoms with Gasteiger partial charge in [-0.3, -0.25) is 19.9 Å². The molecular formula is C31H30FN7O. The summed E-state index contributed by atoms with van der Waals surface area (Å²) >= 11 is 0. The summed E-state index contributed by atoms with van der Waals surface area (Å²) in [6.45, 7) is 11.8. The third-order valence-electron chi connectivity index (χ3n) is 6.26. The second-order valence-electron chi connectivity index (χ2n) is 10.9. The average Bonchev–Trinajstić information content (AvgIpc) is 3.51. The maximum Gasteiger partial charge on any atom is 0.224 e. The predicted octanol–water partition coefficient (Wildman–Crippen LogP) is 6.81. The smallest absolute Gasteiger partial charge is 0.224 e. The monoisotopic (exact) mass is 535 g/mol. The third kappa shape index (κ3) is 5.88. The number of fused-ring (bicyclic) bond motifs is 2. The predicted molar refractivity (Wildman–Crippen MR) is 158 cm³/mol. The topological polar surface area (TPSA) is 112 Å². The molecule has 3 heterocycles. The van der Waals surface area contributed by atoms with Crippen LogP contribution in [0.2, 0.25) is 0 Å². The second kappa shape index (κ2) is 10.7. The van der Waals surface area contributed by atoms with Crippen LogP contribution in [0.4, 0.5) is 4.39 Å². The summed E-state index contributed by atoms with van der Waals surface area (Å²) in [7, 11) is 0. The number of pyridine rings is 1. The van der Waals surface area contributed by atoms with Gasteiger partial charge >= 0.3 is 0 Å². The van der Waals surface area contributed by atoms with Crippen LogP contribution in [0.15, 0.2) is 78.3 Å². The van der Waals surface area contributed by atoms with Crippen LogP contribution in [0.3, 0.4) is 0 Å². The van der Waals surface area contributed by atoms with E-state index in [0.29, 0.717) is 34.7 Å². The van der Waals surface area contributed by atoms with Crippen LogP contribution in [-0.4, -0.2) is 37.3 Å². The summed E-state index contributed by atoms with van der Waals surface area (Å²) in [5.74, 6) is 0.163. The fraction of sp³-hybridized carbons (Fsp3) is 0.194. The number of nitrogens with one attached hydrogen (secondary N) is 3. The Hall–Kier alpha value is -4.92. The molecule has 0 bridgehead atoms. The molecule has 3 N–H and O–H groups in total. The summed E-state index contributed by atoms with van der Waals surface area (Å²) in [6.07, 6.45) is 7.03. The number of nitrogens with zero attached hydrogens (tertiary/aromatic N) is 4. The molecule has 0 atom stereocenters. The van der Waals surface area contributed by atoms with Crippen molar-refractivity contribution in [2.75, 3.05) is 0 Å². The average molecular weight is 536 g/mol. The van der Waals surface area contributed by atoms with Crippen LogP contribution in [-0.2, 0) is 4.79 Å². The van der Waals surface area contributed by atoms with Gasteiger partial charge in [-0.05, 0) is 53.3 Å². The minimum Gasteiger partial charge on any atom is -0.335 e. The number of aliphatic imine (C=N–C) groups is 1. The normalized spacial score (nSPS) is 12.5. The number of carbonyl (C=O) groups is 1. The van der Waals surface area contributed by atoms with Gasteiger partial charge in [-0.15, -0.1) is 0 Å². The van der Waals surface area contributed by atoms with Crippen LogP contribution < -0.4 is 5.32 Å². The summed E-state index contributed by atoms with van der Waals surface area (Å²) in [6, 6.07) is 12.3. The fourth-order valence-corrected chi connectivity index (χ4v) is 4.40. The van der Waals surface area contributed by atoms with Gasteiger partial charge in [-0.2, -0.15) is 5.10 Å². The van der Waals surface area contributed by atoms with Gasteiger partial charge in [0.2, 0.25) is 5.91 Å². The first-order chi connectivity index (χ1) is 19.1. The highest BCUT2D eigenvalue weighted by Crippen LogP contribution is 2.32. The number of carbonyl (C=O) groups excluding carboxylic acids is 1. The second-order valence-corrected chi connectivity index (χ2v) is 10.9. The first-order valence-corrected chi connectivity index (χ1v) is 12.8. The SMILES string of the molecule is C=C(C=N/C=C(\C)c1ccc2[nH]nc(-c3nc4c(-c5cccc(F)c5)cncc4[nH]3)c2c1)NC(=O)CC(C)(C)C. The van der Waals surface area contributed by atoms with E-state index in [1.165, 1.54) is 18.3 Å². The molecule has 0 saturated heterocycles. The van der Waals surface area contributed by atoms with E-state index in [4.69, 9.17) is 4.98 Å². The van der Waals surface area contributed by atoms with Gasteiger partial charge in [0.15, 0.2) is 5.82 Å². The van der Waals surface area contributed by atoms with Crippen molar-refractivity contribution in [3.63, 3.8) is 0 Å². The Bertz CT molecular complexity index is 1800. The number of aromatic nitrogens is 5. The van der Waals surface area contributed by atoms with Crippen molar-refractivity contribution in [1.82, 2.24) is 30.5 Å². The van der Waals surface area contributed by atoms with Gasteiger partial charge in [-0.1, -0.05) is 45.5 Å². The van der Waals surface area contributed by atoms with E-state index in [2.05, 4.69) is 37.1 Å². The molecule has 0 fully saturated rings. The van der Waals surface area contributed by atoms with Crippen LogP contribution in [0, 0.1) is 11.2 Å². The van der Waals surface area contributed by atoms with Gasteiger partial charge < -0.3 is 10.3 Å². The molecule has 0 spiro atoms. The summed E-state index contributed by atoms with van der Waals surface area (Å²) in [5.41, 5.74) is 6.55. The van der Waals surface area contributed by atoms with E-state index < -0.39 is 0 Å². The largest absolute Gasteiger partial charge is 0.335 e. The van der Waals surface area contributed by atoms with E-state index in [1.807, 2.05) is 52.0 Å². The molecule has 40 heavy (non-hydrogen) atoms. The summed E-state index contributed by atoms with van der Waals surface area (Å²) in [5, 5.41) is 11.2. The number of imidazole rings is 1. The standard InChI is InChI=1S/C31H30FN7O/c1-18(14-33-15-19(2)35-27(40)13-31(3,4)5)20-9-10-25-23(12-20)29(39-38-25)30-36-26-17-34-16-24(28(26)37-30)21-7-6-8-22(32)11-21/h6-12,14-17H,2,13H2,1,3-5H3,(H,35,40)(H,36,37)(H,38,39)/b18-14+,33-15?. The molecule has 0 radical (unpaired) electrons. The van der Waals surface area contributed by atoms with E-state index in [9.17, 15) is 9.18 Å². The van der Waals surface area contributed by atoms with Crippen molar-refractivity contribution in [1.29, 1.82) is 0 Å². The lowest BCUT2D eigenvalue weighted by Gasteiger charge is -2.17. The van der Waals surface area contributed by atoms with Crippen molar-refractivity contribution in [3.05, 3.63) is 84.7 Å². The van der Waals surface area contributed by atoms with Crippen molar-refractivity contribution < 1.29 is 9.18 Å². The lowest BCUT2D eigenvalue weighted by atomic mass is 9.92. The van der Waals surface area contributed by atoms with Crippen LogP contribution in [0.1, 0.15) is 39.7 Å². The van der Waals surface area contributed by atoms with E-state index in [1.54, 1.807) is 24.7 Å². The van der Waals surface area contributed by atoms with Crippen molar-refractivity contribution in [2.24, 2.45) is 10.4 Å². The lowest BCUT2D eigenvalue weighted by molar-refractivity contribution is -0.121. The number of rotatable bonds is 7. The Morgan fingerprint density at radius 2 is 1.98 bits per heavy atom. The van der Waals surface area contributed by atoms with E-state index >= 15 is 0 Å². The Morgan fingerprint density at radius 1 is 1.15 bits per heavy atom. The zero-order valence-corrected chi connectivity index (χ0v) is 22.8. The number of amides is 1. The number of H-pyrrole nitrogens is 2. The maximum atomic E-state index is 13.9. The highest BCUT2D eigenvalue weighted by atomic mass is 19.1. The Kier molecular flexibility index (Phi) is 7.13. The van der Waals surface area contributed by atoms with Crippen LogP contribution >= 0.6 is 0 Å². The van der Waals surface area contributed by atoms with Gasteiger partial charge in [0.05, 0.1) is 28.4 Å². The molecule has 0 saturated carbocycles. The number of benzene rings is 2. The molecule has 1 amide bonds. The van der Waals surface area contributed by atoms with Gasteiger partial charge in [0.25, 0.3) is 0 Å². The third-order valence-corrected chi connectivity index (χ3v) is 6.26. The molecule has 0 aliphatic carbocycles. The quantitative estimate of drug-likeness (QED) is 0.199. The zero-order chi connectivity index (χ0) is 28.4. The van der Waals surface area contributed by atoms with Crippen molar-refractivity contribution in [3.8, 4) is 22.6 Å². The molecule has 5 rings (SSSR count). The summed E-state index contributed by atoms with van der Waals surface area (Å²) < 4.78 is 13.9. The van der Waals surface area contributed by atoms with Crippen molar-refractivity contribution in [2.45, 2.75) is 34.1 Å². The Labute approximate surface area is 231 Å². The molecular weight excluding hydrogens is 505 g/mol. The Morgan fingerprint density at radius 3 is 2.75 bits per heavy atom. The molecule has 3 aromatic heterocycles.